The SMILES string of the molecule is CCCCCNS(=O)(=O)c1ccc(S(=O)(=O)N2CCOCC2)cc1. The molecule has 0 amide bonds. The topological polar surface area (TPSA) is 92.8 Å². The standard InChI is InChI=1S/C15H24N2O5S2/c1-2-3-4-9-16-23(18,19)14-5-7-15(8-6-14)24(20,21)17-10-12-22-13-11-17/h5-8,16H,2-4,9-13H2,1H3. The first kappa shape index (κ1) is 19.3. The van der Waals surface area contributed by atoms with Gasteiger partial charge in [0.2, 0.25) is 20.0 Å². The zero-order chi connectivity index (χ0) is 17.6. The molecular formula is C15H24N2O5S2. The summed E-state index contributed by atoms with van der Waals surface area (Å²) in [6.45, 7) is 3.77. The average molecular weight is 377 g/mol. The summed E-state index contributed by atoms with van der Waals surface area (Å²) in [4.78, 5) is 0.161. The van der Waals surface area contributed by atoms with E-state index in [-0.39, 0.29) is 9.79 Å². The van der Waals surface area contributed by atoms with Gasteiger partial charge in [0.25, 0.3) is 0 Å². The van der Waals surface area contributed by atoms with Gasteiger partial charge in [-0.15, -0.1) is 0 Å². The molecule has 9 heteroatoms. The van der Waals surface area contributed by atoms with Crippen LogP contribution in [-0.2, 0) is 24.8 Å². The van der Waals surface area contributed by atoms with Crippen LogP contribution in [0.15, 0.2) is 34.1 Å². The summed E-state index contributed by atoms with van der Waals surface area (Å²) in [6, 6.07) is 5.34. The molecule has 1 aliphatic heterocycles. The summed E-state index contributed by atoms with van der Waals surface area (Å²) in [7, 11) is -7.22. The van der Waals surface area contributed by atoms with Crippen LogP contribution in [0.25, 0.3) is 0 Å². The Kier molecular flexibility index (Phi) is 6.76. The maximum Gasteiger partial charge on any atom is 0.243 e. The van der Waals surface area contributed by atoms with E-state index in [2.05, 4.69) is 4.72 Å². The van der Waals surface area contributed by atoms with Gasteiger partial charge in [-0.3, -0.25) is 0 Å². The second-order valence-corrected chi connectivity index (χ2v) is 9.30. The maximum absolute atomic E-state index is 12.5. The number of benzene rings is 1. The zero-order valence-electron chi connectivity index (χ0n) is 13.8. The first-order chi connectivity index (χ1) is 11.4. The number of ether oxygens (including phenoxy) is 1. The summed E-state index contributed by atoms with van der Waals surface area (Å²) in [5.41, 5.74) is 0. The number of unbranched alkanes of at least 4 members (excludes halogenated alkanes) is 2. The van der Waals surface area contributed by atoms with E-state index in [0.29, 0.717) is 32.8 Å². The van der Waals surface area contributed by atoms with Crippen LogP contribution in [0, 0.1) is 0 Å². The number of sulfonamides is 2. The van der Waals surface area contributed by atoms with Crippen molar-refractivity contribution in [2.24, 2.45) is 0 Å². The molecule has 0 saturated carbocycles. The van der Waals surface area contributed by atoms with Crippen molar-refractivity contribution in [2.75, 3.05) is 32.8 Å². The Morgan fingerprint density at radius 1 is 1.00 bits per heavy atom. The third-order valence-corrected chi connectivity index (χ3v) is 7.20. The molecule has 0 radical (unpaired) electrons. The van der Waals surface area contributed by atoms with Gasteiger partial charge >= 0.3 is 0 Å². The first-order valence-corrected chi connectivity index (χ1v) is 11.0. The van der Waals surface area contributed by atoms with E-state index in [9.17, 15) is 16.8 Å². The van der Waals surface area contributed by atoms with E-state index in [4.69, 9.17) is 4.74 Å². The van der Waals surface area contributed by atoms with Crippen molar-refractivity contribution in [1.82, 2.24) is 9.03 Å². The minimum Gasteiger partial charge on any atom is -0.379 e. The number of rotatable bonds is 8. The van der Waals surface area contributed by atoms with Gasteiger partial charge in [-0.1, -0.05) is 19.8 Å². The third kappa shape index (κ3) is 4.76. The zero-order valence-corrected chi connectivity index (χ0v) is 15.4. The Hall–Kier alpha value is -1.00. The van der Waals surface area contributed by atoms with E-state index in [1.54, 1.807) is 0 Å². The molecule has 2 rings (SSSR count). The minimum atomic E-state index is -3.61. The predicted octanol–water partition coefficient (Wildman–Crippen LogP) is 1.18. The molecular weight excluding hydrogens is 352 g/mol. The van der Waals surface area contributed by atoms with Crippen molar-refractivity contribution in [3.63, 3.8) is 0 Å². The van der Waals surface area contributed by atoms with Crippen molar-refractivity contribution < 1.29 is 21.6 Å². The predicted molar refractivity (Wildman–Crippen MR) is 90.7 cm³/mol. The summed E-state index contributed by atoms with van der Waals surface area (Å²) in [5, 5.41) is 0. The molecule has 0 aromatic heterocycles. The number of hydrogen-bond acceptors (Lipinski definition) is 5. The lowest BCUT2D eigenvalue weighted by atomic mass is 10.3. The van der Waals surface area contributed by atoms with Gasteiger partial charge in [-0.25, -0.2) is 21.6 Å². The normalized spacial score (nSPS) is 17.0. The number of nitrogens with one attached hydrogen (secondary N) is 1. The van der Waals surface area contributed by atoms with Crippen LogP contribution in [0.5, 0.6) is 0 Å². The maximum atomic E-state index is 12.5. The van der Waals surface area contributed by atoms with Gasteiger partial charge < -0.3 is 4.74 Å². The first-order valence-electron chi connectivity index (χ1n) is 8.05. The molecule has 1 aromatic rings. The van der Waals surface area contributed by atoms with Gasteiger partial charge in [0.15, 0.2) is 0 Å². The highest BCUT2D eigenvalue weighted by Gasteiger charge is 2.26. The monoisotopic (exact) mass is 376 g/mol. The van der Waals surface area contributed by atoms with Gasteiger partial charge in [0, 0.05) is 19.6 Å². The third-order valence-electron chi connectivity index (χ3n) is 3.81. The van der Waals surface area contributed by atoms with Crippen LogP contribution >= 0.6 is 0 Å². The van der Waals surface area contributed by atoms with Gasteiger partial charge in [0.1, 0.15) is 0 Å². The molecule has 1 fully saturated rings. The second-order valence-electron chi connectivity index (χ2n) is 5.59. The van der Waals surface area contributed by atoms with Crippen LogP contribution in [-0.4, -0.2) is 54.0 Å². The van der Waals surface area contributed by atoms with E-state index in [1.165, 1.54) is 28.6 Å². The quantitative estimate of drug-likeness (QED) is 0.688. The lowest BCUT2D eigenvalue weighted by molar-refractivity contribution is 0.0730. The van der Waals surface area contributed by atoms with Crippen LogP contribution < -0.4 is 4.72 Å². The molecule has 1 aromatic carbocycles. The second kappa shape index (κ2) is 8.39. The fourth-order valence-electron chi connectivity index (χ4n) is 2.39. The van der Waals surface area contributed by atoms with Crippen molar-refractivity contribution in [3.8, 4) is 0 Å². The number of nitrogens with zero attached hydrogens (tertiary/aromatic N) is 1. The highest BCUT2D eigenvalue weighted by Crippen LogP contribution is 2.19. The van der Waals surface area contributed by atoms with E-state index < -0.39 is 20.0 Å². The highest BCUT2D eigenvalue weighted by molar-refractivity contribution is 7.89. The Bertz CT molecular complexity index is 724. The van der Waals surface area contributed by atoms with Crippen molar-refractivity contribution in [1.29, 1.82) is 0 Å². The molecule has 0 bridgehead atoms. The van der Waals surface area contributed by atoms with E-state index in [1.807, 2.05) is 6.92 Å². The molecule has 1 aliphatic rings. The Labute approximate surface area is 144 Å². The molecule has 1 N–H and O–H groups in total. The van der Waals surface area contributed by atoms with Gasteiger partial charge in [-0.05, 0) is 30.7 Å². The largest absolute Gasteiger partial charge is 0.379 e. The summed E-state index contributed by atoms with van der Waals surface area (Å²) in [5.74, 6) is 0. The lowest BCUT2D eigenvalue weighted by Gasteiger charge is -2.26. The Balaban J connectivity index is 2.09. The molecule has 7 nitrogen and oxygen atoms in total. The Morgan fingerprint density at radius 2 is 1.58 bits per heavy atom. The lowest BCUT2D eigenvalue weighted by Crippen LogP contribution is -2.40. The van der Waals surface area contributed by atoms with Crippen molar-refractivity contribution in [3.05, 3.63) is 24.3 Å². The van der Waals surface area contributed by atoms with E-state index in [0.717, 1.165) is 19.3 Å². The minimum absolute atomic E-state index is 0.0694. The molecule has 1 heterocycles. The number of hydrogen-bond donors (Lipinski definition) is 1. The fourth-order valence-corrected chi connectivity index (χ4v) is 4.87. The Morgan fingerprint density at radius 3 is 2.17 bits per heavy atom. The fraction of sp³-hybridized carbons (Fsp3) is 0.600. The van der Waals surface area contributed by atoms with Gasteiger partial charge in [-0.2, -0.15) is 4.31 Å². The van der Waals surface area contributed by atoms with Gasteiger partial charge in [0.05, 0.1) is 23.0 Å². The van der Waals surface area contributed by atoms with Crippen molar-refractivity contribution in [2.45, 2.75) is 36.0 Å². The smallest absolute Gasteiger partial charge is 0.243 e. The van der Waals surface area contributed by atoms with Crippen LogP contribution in [0.1, 0.15) is 26.2 Å². The van der Waals surface area contributed by atoms with Crippen LogP contribution in [0.4, 0.5) is 0 Å². The average Bonchev–Trinajstić information content (AvgIpc) is 2.60. The van der Waals surface area contributed by atoms with E-state index >= 15 is 0 Å². The summed E-state index contributed by atoms with van der Waals surface area (Å²) in [6.07, 6.45) is 2.74. The molecule has 136 valence electrons. The number of morpholine rings is 1. The summed E-state index contributed by atoms with van der Waals surface area (Å²) >= 11 is 0. The van der Waals surface area contributed by atoms with Crippen LogP contribution in [0.3, 0.4) is 0 Å². The molecule has 24 heavy (non-hydrogen) atoms. The molecule has 0 spiro atoms. The molecule has 0 aliphatic carbocycles. The van der Waals surface area contributed by atoms with Crippen LogP contribution in [0.2, 0.25) is 0 Å². The molecule has 1 saturated heterocycles. The molecule has 0 atom stereocenters. The highest BCUT2D eigenvalue weighted by atomic mass is 32.2. The summed E-state index contributed by atoms with van der Waals surface area (Å²) < 4.78 is 58.4. The molecule has 0 unspecified atom stereocenters. The van der Waals surface area contributed by atoms with Crippen molar-refractivity contribution >= 4 is 20.0 Å².